The molecule has 3 unspecified atom stereocenters. The normalized spacial score (nSPS) is 38.7. The molecule has 0 amide bonds. The molecule has 3 fully saturated rings. The Morgan fingerprint density at radius 1 is 1.11 bits per heavy atom. The lowest BCUT2D eigenvalue weighted by atomic mass is 9.88. The molecule has 0 aromatic heterocycles. The number of hydrogen-bond donors (Lipinski definition) is 1. The molecule has 2 saturated heterocycles. The molecule has 0 bridgehead atoms. The van der Waals surface area contributed by atoms with Gasteiger partial charge in [-0.3, -0.25) is 0 Å². The van der Waals surface area contributed by atoms with Crippen molar-refractivity contribution < 1.29 is 18.9 Å². The summed E-state index contributed by atoms with van der Waals surface area (Å²) in [6.07, 6.45) is 6.30. The van der Waals surface area contributed by atoms with Crippen LogP contribution >= 0.6 is 0 Å². The van der Waals surface area contributed by atoms with E-state index in [1.54, 1.807) is 0 Å². The first-order valence-corrected chi connectivity index (χ1v) is 7.54. The largest absolute Gasteiger partial charge is 0.376 e. The number of rotatable bonds is 3. The molecule has 5 nitrogen and oxygen atoms in total. The molecule has 3 rings (SSSR count). The zero-order valence-corrected chi connectivity index (χ0v) is 11.5. The third kappa shape index (κ3) is 3.28. The van der Waals surface area contributed by atoms with Gasteiger partial charge in [-0.25, -0.2) is 0 Å². The van der Waals surface area contributed by atoms with Gasteiger partial charge in [-0.1, -0.05) is 0 Å². The van der Waals surface area contributed by atoms with Crippen LogP contribution in [0.15, 0.2) is 0 Å². The van der Waals surface area contributed by atoms with E-state index in [-0.39, 0.29) is 18.2 Å². The first kappa shape index (κ1) is 13.8. The molecule has 5 heteroatoms. The molecule has 0 aromatic carbocycles. The van der Waals surface area contributed by atoms with Gasteiger partial charge in [-0.05, 0) is 25.7 Å². The van der Waals surface area contributed by atoms with Crippen LogP contribution in [0.4, 0.5) is 0 Å². The number of hydrogen-bond acceptors (Lipinski definition) is 5. The predicted octanol–water partition coefficient (Wildman–Crippen LogP) is 1.19. The second-order valence-electron chi connectivity index (χ2n) is 5.87. The van der Waals surface area contributed by atoms with Crippen LogP contribution in [0, 0.1) is 0 Å². The van der Waals surface area contributed by atoms with Gasteiger partial charge in [-0.15, -0.1) is 0 Å². The van der Waals surface area contributed by atoms with Crippen LogP contribution in [0.2, 0.25) is 0 Å². The molecule has 3 aliphatic rings. The molecular weight excluding hydrogens is 246 g/mol. The highest BCUT2D eigenvalue weighted by atomic mass is 16.7. The van der Waals surface area contributed by atoms with E-state index < -0.39 is 5.79 Å². The Labute approximate surface area is 114 Å². The molecule has 2 heterocycles. The van der Waals surface area contributed by atoms with E-state index in [9.17, 15) is 0 Å². The summed E-state index contributed by atoms with van der Waals surface area (Å²) in [5, 5.41) is 0. The van der Waals surface area contributed by atoms with Crippen molar-refractivity contribution in [3.8, 4) is 0 Å². The summed E-state index contributed by atoms with van der Waals surface area (Å²) in [7, 11) is 0. The second kappa shape index (κ2) is 6.06. The Balaban J connectivity index is 1.50. The average molecular weight is 271 g/mol. The molecule has 19 heavy (non-hydrogen) atoms. The number of ether oxygens (including phenoxy) is 4. The molecule has 1 aliphatic carbocycles. The van der Waals surface area contributed by atoms with E-state index in [0.29, 0.717) is 19.8 Å². The van der Waals surface area contributed by atoms with Gasteiger partial charge in [0.2, 0.25) is 0 Å². The Hall–Kier alpha value is -0.200. The lowest BCUT2D eigenvalue weighted by Gasteiger charge is -2.40. The maximum absolute atomic E-state index is 6.17. The summed E-state index contributed by atoms with van der Waals surface area (Å²) in [5.41, 5.74) is 6.17. The minimum atomic E-state index is -0.423. The molecule has 0 aromatic rings. The third-order valence-corrected chi connectivity index (χ3v) is 4.43. The van der Waals surface area contributed by atoms with Gasteiger partial charge < -0.3 is 24.7 Å². The van der Waals surface area contributed by atoms with Crippen LogP contribution in [0.25, 0.3) is 0 Å². The topological polar surface area (TPSA) is 62.9 Å². The van der Waals surface area contributed by atoms with E-state index >= 15 is 0 Å². The highest BCUT2D eigenvalue weighted by Gasteiger charge is 2.44. The summed E-state index contributed by atoms with van der Waals surface area (Å²) in [5.74, 6) is -0.423. The monoisotopic (exact) mass is 271 g/mol. The van der Waals surface area contributed by atoms with E-state index in [1.165, 1.54) is 12.8 Å². The number of nitrogens with two attached hydrogens (primary N) is 1. The van der Waals surface area contributed by atoms with Gasteiger partial charge in [0.05, 0.1) is 32.0 Å². The Kier molecular flexibility index (Phi) is 4.39. The molecule has 110 valence electrons. The summed E-state index contributed by atoms with van der Waals surface area (Å²) < 4.78 is 23.2. The van der Waals surface area contributed by atoms with Crippen molar-refractivity contribution in [3.05, 3.63) is 0 Å². The van der Waals surface area contributed by atoms with Crippen molar-refractivity contribution in [2.45, 2.75) is 62.6 Å². The van der Waals surface area contributed by atoms with Crippen molar-refractivity contribution in [2.75, 3.05) is 26.4 Å². The molecule has 2 aliphatic heterocycles. The Morgan fingerprint density at radius 3 is 2.68 bits per heavy atom. The predicted molar refractivity (Wildman–Crippen MR) is 69.8 cm³/mol. The first-order valence-electron chi connectivity index (χ1n) is 7.54. The van der Waals surface area contributed by atoms with E-state index in [4.69, 9.17) is 24.7 Å². The standard InChI is InChI=1S/C14H25NO4/c15-12-4-5-14(18-7-8-19-14)9-13(12)17-10-11-3-1-2-6-16-11/h11-13H,1-10,15H2. The van der Waals surface area contributed by atoms with Gasteiger partial charge in [0.15, 0.2) is 5.79 Å². The van der Waals surface area contributed by atoms with Crippen LogP contribution in [0.1, 0.15) is 38.5 Å². The maximum Gasteiger partial charge on any atom is 0.171 e. The van der Waals surface area contributed by atoms with Crippen LogP contribution in [0.3, 0.4) is 0 Å². The molecule has 1 saturated carbocycles. The molecule has 1 spiro atoms. The highest BCUT2D eigenvalue weighted by Crippen LogP contribution is 2.36. The van der Waals surface area contributed by atoms with Gasteiger partial charge in [0, 0.05) is 25.5 Å². The average Bonchev–Trinajstić information content (AvgIpc) is 2.90. The molecule has 0 radical (unpaired) electrons. The first-order chi connectivity index (χ1) is 9.27. The van der Waals surface area contributed by atoms with Crippen molar-refractivity contribution in [1.29, 1.82) is 0 Å². The minimum Gasteiger partial charge on any atom is -0.376 e. The fourth-order valence-electron chi connectivity index (χ4n) is 3.24. The second-order valence-corrected chi connectivity index (χ2v) is 5.87. The molecule has 3 atom stereocenters. The zero-order chi connectivity index (χ0) is 13.1. The highest BCUT2D eigenvalue weighted by molar-refractivity contribution is 4.91. The van der Waals surface area contributed by atoms with Crippen LogP contribution in [0.5, 0.6) is 0 Å². The maximum atomic E-state index is 6.17. The minimum absolute atomic E-state index is 0.0253. The lowest BCUT2D eigenvalue weighted by Crippen LogP contribution is -2.50. The van der Waals surface area contributed by atoms with Crippen LogP contribution in [-0.2, 0) is 18.9 Å². The fraction of sp³-hybridized carbons (Fsp3) is 1.00. The SMILES string of the molecule is NC1CCC2(CC1OCC1CCCCO1)OCCO2. The van der Waals surface area contributed by atoms with Crippen molar-refractivity contribution in [1.82, 2.24) is 0 Å². The molecular formula is C14H25NO4. The summed E-state index contributed by atoms with van der Waals surface area (Å²) in [4.78, 5) is 0. The van der Waals surface area contributed by atoms with E-state index in [2.05, 4.69) is 0 Å². The zero-order valence-electron chi connectivity index (χ0n) is 11.5. The Morgan fingerprint density at radius 2 is 1.95 bits per heavy atom. The smallest absolute Gasteiger partial charge is 0.171 e. The van der Waals surface area contributed by atoms with Crippen LogP contribution in [-0.4, -0.2) is 50.5 Å². The quantitative estimate of drug-likeness (QED) is 0.835. The lowest BCUT2D eigenvalue weighted by molar-refractivity contribution is -0.208. The van der Waals surface area contributed by atoms with Crippen LogP contribution < -0.4 is 5.73 Å². The van der Waals surface area contributed by atoms with Gasteiger partial charge in [0.1, 0.15) is 0 Å². The van der Waals surface area contributed by atoms with Gasteiger partial charge in [-0.2, -0.15) is 0 Å². The van der Waals surface area contributed by atoms with Crippen molar-refractivity contribution in [2.24, 2.45) is 5.73 Å². The third-order valence-electron chi connectivity index (χ3n) is 4.43. The molecule has 2 N–H and O–H groups in total. The van der Waals surface area contributed by atoms with Gasteiger partial charge in [0.25, 0.3) is 0 Å². The van der Waals surface area contributed by atoms with E-state index in [0.717, 1.165) is 32.3 Å². The Bertz CT molecular complexity index is 287. The van der Waals surface area contributed by atoms with E-state index in [1.807, 2.05) is 0 Å². The fourth-order valence-corrected chi connectivity index (χ4v) is 3.24. The van der Waals surface area contributed by atoms with Gasteiger partial charge >= 0.3 is 0 Å². The summed E-state index contributed by atoms with van der Waals surface area (Å²) in [6.45, 7) is 2.89. The van der Waals surface area contributed by atoms with Crippen molar-refractivity contribution in [3.63, 3.8) is 0 Å². The van der Waals surface area contributed by atoms with Crippen molar-refractivity contribution >= 4 is 0 Å². The summed E-state index contributed by atoms with van der Waals surface area (Å²) in [6, 6.07) is 0.0852. The summed E-state index contributed by atoms with van der Waals surface area (Å²) >= 11 is 0.